The summed E-state index contributed by atoms with van der Waals surface area (Å²) in [7, 11) is 1.56. The summed E-state index contributed by atoms with van der Waals surface area (Å²) in [4.78, 5) is 36.0. The first-order valence-electron chi connectivity index (χ1n) is 10.3. The zero-order valence-corrected chi connectivity index (χ0v) is 18.4. The number of anilines is 2. The van der Waals surface area contributed by atoms with Crippen LogP contribution in [0.4, 0.5) is 17.2 Å². The smallest absolute Gasteiger partial charge is 0.274 e. The molecule has 0 radical (unpaired) electrons. The number of nitro benzene ring substituents is 1. The van der Waals surface area contributed by atoms with E-state index in [-0.39, 0.29) is 30.3 Å². The van der Waals surface area contributed by atoms with Gasteiger partial charge in [0.1, 0.15) is 11.9 Å². The lowest BCUT2D eigenvalue weighted by atomic mass is 10.0. The van der Waals surface area contributed by atoms with Gasteiger partial charge in [0.15, 0.2) is 0 Å². The molecule has 1 aliphatic heterocycles. The average Bonchev–Trinajstić information content (AvgIpc) is 3.25. The van der Waals surface area contributed by atoms with Gasteiger partial charge in [-0.3, -0.25) is 19.7 Å². The van der Waals surface area contributed by atoms with Gasteiger partial charge in [0.05, 0.1) is 23.6 Å². The number of carbonyl (C=O) groups is 2. The third-order valence-electron chi connectivity index (χ3n) is 5.51. The Balaban J connectivity index is 1.60. The number of nitrogens with one attached hydrogen (secondary N) is 2. The van der Waals surface area contributed by atoms with Gasteiger partial charge in [-0.1, -0.05) is 35.9 Å². The lowest BCUT2D eigenvalue weighted by Gasteiger charge is -2.10. The van der Waals surface area contributed by atoms with Crippen molar-refractivity contribution in [3.8, 4) is 11.1 Å². The molecule has 2 N–H and O–H groups in total. The minimum atomic E-state index is -0.852. The molecule has 3 aromatic rings. The van der Waals surface area contributed by atoms with Crippen molar-refractivity contribution in [2.45, 2.75) is 32.9 Å². The van der Waals surface area contributed by atoms with Crippen molar-refractivity contribution in [3.63, 3.8) is 0 Å². The number of nitro groups is 1. The summed E-state index contributed by atoms with van der Waals surface area (Å²) in [6.07, 6.45) is -0.179. The number of benzene rings is 2. The van der Waals surface area contributed by atoms with E-state index in [0.717, 1.165) is 16.7 Å². The van der Waals surface area contributed by atoms with Crippen LogP contribution in [0.3, 0.4) is 0 Å². The highest BCUT2D eigenvalue weighted by atomic mass is 16.6. The highest BCUT2D eigenvalue weighted by Crippen LogP contribution is 2.39. The molecular formula is C23H23N5O5. The summed E-state index contributed by atoms with van der Waals surface area (Å²) >= 11 is 0. The zero-order chi connectivity index (χ0) is 23.7. The first-order chi connectivity index (χ1) is 15.8. The summed E-state index contributed by atoms with van der Waals surface area (Å²) in [6.45, 7) is 3.85. The Bertz CT molecular complexity index is 1250. The molecule has 0 fully saturated rings. The highest BCUT2D eigenvalue weighted by Gasteiger charge is 2.37. The fraction of sp³-hybridized carbons (Fsp3) is 0.261. The Hall–Kier alpha value is -4.05. The van der Waals surface area contributed by atoms with E-state index in [0.29, 0.717) is 17.1 Å². The van der Waals surface area contributed by atoms with Gasteiger partial charge >= 0.3 is 0 Å². The molecule has 2 aromatic carbocycles. The Morgan fingerprint density at radius 3 is 2.64 bits per heavy atom. The second-order valence-corrected chi connectivity index (χ2v) is 7.93. The molecule has 0 spiro atoms. The van der Waals surface area contributed by atoms with E-state index in [1.165, 1.54) is 10.7 Å². The predicted octanol–water partition coefficient (Wildman–Crippen LogP) is 3.74. The molecule has 2 amide bonds. The summed E-state index contributed by atoms with van der Waals surface area (Å²) < 4.78 is 6.81. The van der Waals surface area contributed by atoms with Crippen molar-refractivity contribution < 1.29 is 19.2 Å². The number of aryl methyl sites for hydroxylation is 2. The van der Waals surface area contributed by atoms with Crippen LogP contribution in [0.25, 0.3) is 11.1 Å². The molecule has 0 saturated heterocycles. The van der Waals surface area contributed by atoms with Crippen molar-refractivity contribution in [1.82, 2.24) is 9.78 Å². The minimum absolute atomic E-state index is 0.0901. The number of nitrogens with zero attached hydrogens (tertiary/aromatic N) is 3. The van der Waals surface area contributed by atoms with Gasteiger partial charge in [-0.2, -0.15) is 5.10 Å². The fourth-order valence-corrected chi connectivity index (χ4v) is 3.85. The molecule has 33 heavy (non-hydrogen) atoms. The Morgan fingerprint density at radius 2 is 1.97 bits per heavy atom. The van der Waals surface area contributed by atoms with Crippen LogP contribution in [0.1, 0.15) is 29.3 Å². The number of ether oxygens (including phenoxy) is 1. The topological polar surface area (TPSA) is 128 Å². The Labute approximate surface area is 189 Å². The molecule has 1 aromatic heterocycles. The second-order valence-electron chi connectivity index (χ2n) is 7.93. The maximum atomic E-state index is 12.7. The number of hydrogen-bond acceptors (Lipinski definition) is 6. The monoisotopic (exact) mass is 449 g/mol. The number of carbonyl (C=O) groups excluding carboxylic acids is 2. The quantitative estimate of drug-likeness (QED) is 0.418. The van der Waals surface area contributed by atoms with Gasteiger partial charge in [0, 0.05) is 30.0 Å². The molecule has 1 atom stereocenters. The zero-order valence-electron chi connectivity index (χ0n) is 18.4. The van der Waals surface area contributed by atoms with Crippen molar-refractivity contribution in [3.05, 3.63) is 69.4 Å². The predicted molar refractivity (Wildman–Crippen MR) is 122 cm³/mol. The van der Waals surface area contributed by atoms with Crippen LogP contribution in [0, 0.1) is 24.0 Å². The molecule has 0 aliphatic carbocycles. The molecule has 2 heterocycles. The van der Waals surface area contributed by atoms with Gasteiger partial charge in [-0.15, -0.1) is 0 Å². The third kappa shape index (κ3) is 4.33. The maximum Gasteiger partial charge on any atom is 0.274 e. The number of rotatable bonds is 7. The SMILES string of the molecule is COCc1nn2c(c1-c1ccc(C)cc1)NC(=O)C2CC(=O)Nc1ccc(C)c([N+](=O)[O-])c1. The van der Waals surface area contributed by atoms with Crippen LogP contribution in [-0.2, 0) is 20.9 Å². The van der Waals surface area contributed by atoms with Crippen molar-refractivity contribution in [1.29, 1.82) is 0 Å². The lowest BCUT2D eigenvalue weighted by Crippen LogP contribution is -2.24. The first-order valence-corrected chi connectivity index (χ1v) is 10.3. The van der Waals surface area contributed by atoms with Crippen molar-refractivity contribution in [2.24, 2.45) is 0 Å². The summed E-state index contributed by atoms with van der Waals surface area (Å²) in [6, 6.07) is 11.4. The standard InChI is InChI=1S/C23H23N5O5/c1-13-4-7-15(8-5-13)21-17(12-33-3)26-27-19(23(30)25-22(21)27)11-20(29)24-16-9-6-14(2)18(10-16)28(31)32/h4-10,19H,11-12H2,1-3H3,(H,24,29)(H,25,30). The van der Waals surface area contributed by atoms with E-state index in [1.807, 2.05) is 31.2 Å². The van der Waals surface area contributed by atoms with E-state index >= 15 is 0 Å². The summed E-state index contributed by atoms with van der Waals surface area (Å²) in [5.41, 5.74) is 4.07. The van der Waals surface area contributed by atoms with Gasteiger partial charge in [-0.05, 0) is 25.5 Å². The molecule has 170 valence electrons. The second kappa shape index (κ2) is 8.83. The number of hydrogen-bond donors (Lipinski definition) is 2. The largest absolute Gasteiger partial charge is 0.378 e. The summed E-state index contributed by atoms with van der Waals surface area (Å²) in [5, 5.41) is 21.2. The van der Waals surface area contributed by atoms with E-state index in [2.05, 4.69) is 15.7 Å². The molecule has 0 saturated carbocycles. The van der Waals surface area contributed by atoms with Crippen LogP contribution >= 0.6 is 0 Å². The molecule has 10 nitrogen and oxygen atoms in total. The van der Waals surface area contributed by atoms with Gasteiger partial charge in [0.25, 0.3) is 11.6 Å². The lowest BCUT2D eigenvalue weighted by molar-refractivity contribution is -0.385. The van der Waals surface area contributed by atoms with E-state index < -0.39 is 16.9 Å². The van der Waals surface area contributed by atoms with Crippen molar-refractivity contribution in [2.75, 3.05) is 17.7 Å². The van der Waals surface area contributed by atoms with E-state index in [4.69, 9.17) is 4.74 Å². The van der Waals surface area contributed by atoms with Crippen LogP contribution < -0.4 is 10.6 Å². The molecule has 0 bridgehead atoms. The number of amides is 2. The number of aromatic nitrogens is 2. The fourth-order valence-electron chi connectivity index (χ4n) is 3.85. The average molecular weight is 449 g/mol. The third-order valence-corrected chi connectivity index (χ3v) is 5.51. The first kappa shape index (κ1) is 22.2. The minimum Gasteiger partial charge on any atom is -0.378 e. The molecule has 1 unspecified atom stereocenters. The van der Waals surface area contributed by atoms with E-state index in [1.54, 1.807) is 26.2 Å². The maximum absolute atomic E-state index is 12.7. The molecular weight excluding hydrogens is 426 g/mol. The van der Waals surface area contributed by atoms with Gasteiger partial charge < -0.3 is 15.4 Å². The van der Waals surface area contributed by atoms with Crippen LogP contribution in [0.15, 0.2) is 42.5 Å². The number of fused-ring (bicyclic) bond motifs is 1. The normalized spacial score (nSPS) is 14.6. The van der Waals surface area contributed by atoms with Crippen LogP contribution in [0.2, 0.25) is 0 Å². The van der Waals surface area contributed by atoms with Gasteiger partial charge in [-0.25, -0.2) is 4.68 Å². The molecule has 10 heteroatoms. The summed E-state index contributed by atoms with van der Waals surface area (Å²) in [5.74, 6) is -0.290. The van der Waals surface area contributed by atoms with Crippen LogP contribution in [-0.4, -0.2) is 33.6 Å². The molecule has 1 aliphatic rings. The van der Waals surface area contributed by atoms with Gasteiger partial charge in [0.2, 0.25) is 5.91 Å². The molecule has 4 rings (SSSR count). The van der Waals surface area contributed by atoms with Crippen molar-refractivity contribution >= 4 is 29.0 Å². The van der Waals surface area contributed by atoms with Crippen LogP contribution in [0.5, 0.6) is 0 Å². The number of methoxy groups -OCH3 is 1. The van der Waals surface area contributed by atoms with E-state index in [9.17, 15) is 19.7 Å². The highest BCUT2D eigenvalue weighted by molar-refractivity contribution is 6.04. The Kier molecular flexibility index (Phi) is 5.93. The Morgan fingerprint density at radius 1 is 1.24 bits per heavy atom.